The lowest BCUT2D eigenvalue weighted by atomic mass is 10.2. The molecule has 0 aliphatic heterocycles. The zero-order valence-corrected chi connectivity index (χ0v) is 14.9. The van der Waals surface area contributed by atoms with Crippen LogP contribution in [0.5, 0.6) is 0 Å². The van der Waals surface area contributed by atoms with Gasteiger partial charge in [0.2, 0.25) is 5.95 Å². The number of halogens is 2. The summed E-state index contributed by atoms with van der Waals surface area (Å²) in [6.45, 7) is 3.63. The van der Waals surface area contributed by atoms with Gasteiger partial charge >= 0.3 is 0 Å². The van der Waals surface area contributed by atoms with Crippen LogP contribution < -0.4 is 10.6 Å². The van der Waals surface area contributed by atoms with Crippen LogP contribution in [0.1, 0.15) is 21.7 Å². The predicted molar refractivity (Wildman–Crippen MR) is 101 cm³/mol. The van der Waals surface area contributed by atoms with Gasteiger partial charge in [0.15, 0.2) is 0 Å². The number of aromatic nitrogens is 2. The topological polar surface area (TPSA) is 66.9 Å². The molecule has 0 spiro atoms. The maximum absolute atomic E-state index is 13.3. The number of nitrogens with zero attached hydrogens (tertiary/aromatic N) is 2. The summed E-state index contributed by atoms with van der Waals surface area (Å²) in [5, 5.41) is 6.31. The van der Waals surface area contributed by atoms with Crippen molar-refractivity contribution in [1.82, 2.24) is 9.97 Å². The van der Waals surface area contributed by atoms with Crippen LogP contribution in [0.3, 0.4) is 0 Å². The molecule has 0 bridgehead atoms. The van der Waals surface area contributed by atoms with Gasteiger partial charge in [0.05, 0.1) is 0 Å². The molecule has 0 atom stereocenters. The van der Waals surface area contributed by atoms with Gasteiger partial charge in [-0.25, -0.2) is 14.4 Å². The van der Waals surface area contributed by atoms with Crippen LogP contribution in [0.25, 0.3) is 0 Å². The molecule has 1 heterocycles. The van der Waals surface area contributed by atoms with Crippen LogP contribution in [-0.4, -0.2) is 15.9 Å². The van der Waals surface area contributed by atoms with Crippen LogP contribution in [0, 0.1) is 19.7 Å². The summed E-state index contributed by atoms with van der Waals surface area (Å²) in [5.41, 5.74) is 2.74. The summed E-state index contributed by atoms with van der Waals surface area (Å²) in [4.78, 5) is 21.0. The SMILES string of the molecule is Cc1cc(C(=O)Nc2cccc(F)c2)nc(Nc2cccc(Cl)c2C)n1. The number of anilines is 3. The number of carbonyl (C=O) groups excluding carboxylic acids is 1. The molecule has 5 nitrogen and oxygen atoms in total. The fourth-order valence-electron chi connectivity index (χ4n) is 2.37. The Balaban J connectivity index is 1.85. The highest BCUT2D eigenvalue weighted by Crippen LogP contribution is 2.25. The number of aryl methyl sites for hydroxylation is 1. The summed E-state index contributed by atoms with van der Waals surface area (Å²) >= 11 is 6.12. The number of rotatable bonds is 4. The molecule has 2 N–H and O–H groups in total. The van der Waals surface area contributed by atoms with E-state index in [1.54, 1.807) is 25.1 Å². The highest BCUT2D eigenvalue weighted by Gasteiger charge is 2.12. The molecule has 2 aromatic carbocycles. The Kier molecular flexibility index (Phi) is 5.14. The lowest BCUT2D eigenvalue weighted by molar-refractivity contribution is 0.102. The fraction of sp³-hybridized carbons (Fsp3) is 0.105. The summed E-state index contributed by atoms with van der Waals surface area (Å²) in [7, 11) is 0. The second-order valence-corrected chi connectivity index (χ2v) is 6.13. The predicted octanol–water partition coefficient (Wildman–Crippen LogP) is 4.88. The van der Waals surface area contributed by atoms with Crippen molar-refractivity contribution >= 4 is 34.8 Å². The third-order valence-corrected chi connectivity index (χ3v) is 4.09. The van der Waals surface area contributed by atoms with E-state index in [1.165, 1.54) is 18.2 Å². The van der Waals surface area contributed by atoms with Crippen LogP contribution >= 0.6 is 11.6 Å². The molecule has 0 aliphatic rings. The van der Waals surface area contributed by atoms with Crippen LogP contribution in [0.4, 0.5) is 21.7 Å². The molecular formula is C19H16ClFN4O. The minimum Gasteiger partial charge on any atom is -0.324 e. The first-order valence-corrected chi connectivity index (χ1v) is 8.25. The Hall–Kier alpha value is -2.99. The van der Waals surface area contributed by atoms with Gasteiger partial charge in [0.1, 0.15) is 11.5 Å². The third-order valence-electron chi connectivity index (χ3n) is 3.68. The summed E-state index contributed by atoms with van der Waals surface area (Å²) in [5.74, 6) is -0.604. The minimum absolute atomic E-state index is 0.170. The Bertz CT molecular complexity index is 978. The molecule has 3 aromatic rings. The quantitative estimate of drug-likeness (QED) is 0.686. The van der Waals surface area contributed by atoms with Crippen molar-refractivity contribution in [3.05, 3.63) is 76.3 Å². The molecule has 0 saturated heterocycles. The average Bonchev–Trinajstić information content (AvgIpc) is 2.58. The van der Waals surface area contributed by atoms with Gasteiger partial charge < -0.3 is 10.6 Å². The molecule has 0 fully saturated rings. The van der Waals surface area contributed by atoms with Crippen molar-refractivity contribution in [3.63, 3.8) is 0 Å². The zero-order valence-electron chi connectivity index (χ0n) is 14.2. The van der Waals surface area contributed by atoms with Gasteiger partial charge in [0.25, 0.3) is 5.91 Å². The minimum atomic E-state index is -0.452. The van der Waals surface area contributed by atoms with Crippen molar-refractivity contribution in [2.24, 2.45) is 0 Å². The first-order valence-electron chi connectivity index (χ1n) is 7.87. The first kappa shape index (κ1) is 17.8. The van der Waals surface area contributed by atoms with Crippen molar-refractivity contribution in [2.45, 2.75) is 13.8 Å². The Morgan fingerprint density at radius 1 is 1.08 bits per heavy atom. The molecule has 0 radical (unpaired) electrons. The normalized spacial score (nSPS) is 10.5. The maximum Gasteiger partial charge on any atom is 0.274 e. The summed E-state index contributed by atoms with van der Waals surface area (Å²) in [6, 6.07) is 12.7. The fourth-order valence-corrected chi connectivity index (χ4v) is 2.54. The van der Waals surface area contributed by atoms with Crippen LogP contribution in [0.15, 0.2) is 48.5 Å². The number of nitrogens with one attached hydrogen (secondary N) is 2. The van der Waals surface area contributed by atoms with Crippen molar-refractivity contribution in [2.75, 3.05) is 10.6 Å². The monoisotopic (exact) mass is 370 g/mol. The molecule has 7 heteroatoms. The van der Waals surface area contributed by atoms with E-state index < -0.39 is 11.7 Å². The molecule has 0 aliphatic carbocycles. The smallest absolute Gasteiger partial charge is 0.274 e. The Morgan fingerprint density at radius 2 is 1.85 bits per heavy atom. The highest BCUT2D eigenvalue weighted by molar-refractivity contribution is 6.31. The van der Waals surface area contributed by atoms with E-state index in [0.717, 1.165) is 11.3 Å². The molecular weight excluding hydrogens is 355 g/mol. The number of hydrogen-bond acceptors (Lipinski definition) is 4. The second kappa shape index (κ2) is 7.49. The van der Waals surface area contributed by atoms with E-state index in [9.17, 15) is 9.18 Å². The van der Waals surface area contributed by atoms with Crippen LogP contribution in [-0.2, 0) is 0 Å². The lowest BCUT2D eigenvalue weighted by Crippen LogP contribution is -2.15. The number of hydrogen-bond donors (Lipinski definition) is 2. The molecule has 3 rings (SSSR count). The largest absolute Gasteiger partial charge is 0.324 e. The van der Waals surface area contributed by atoms with Gasteiger partial charge in [-0.05, 0) is 55.8 Å². The van der Waals surface area contributed by atoms with E-state index in [2.05, 4.69) is 20.6 Å². The molecule has 0 saturated carbocycles. The van der Waals surface area contributed by atoms with E-state index in [4.69, 9.17) is 11.6 Å². The van der Waals surface area contributed by atoms with Gasteiger partial charge in [-0.15, -0.1) is 0 Å². The summed E-state index contributed by atoms with van der Waals surface area (Å²) < 4.78 is 13.3. The lowest BCUT2D eigenvalue weighted by Gasteiger charge is -2.11. The average molecular weight is 371 g/mol. The summed E-state index contributed by atoms with van der Waals surface area (Å²) in [6.07, 6.45) is 0. The molecule has 1 aromatic heterocycles. The molecule has 132 valence electrons. The third kappa shape index (κ3) is 4.15. The van der Waals surface area contributed by atoms with Gasteiger partial charge in [-0.2, -0.15) is 0 Å². The van der Waals surface area contributed by atoms with Gasteiger partial charge in [-0.3, -0.25) is 4.79 Å². The van der Waals surface area contributed by atoms with Gasteiger partial charge in [-0.1, -0.05) is 23.7 Å². The van der Waals surface area contributed by atoms with E-state index in [1.807, 2.05) is 19.1 Å². The second-order valence-electron chi connectivity index (χ2n) is 5.72. The van der Waals surface area contributed by atoms with Crippen molar-refractivity contribution < 1.29 is 9.18 Å². The van der Waals surface area contributed by atoms with Crippen molar-refractivity contribution in [3.8, 4) is 0 Å². The van der Waals surface area contributed by atoms with E-state index in [0.29, 0.717) is 16.4 Å². The van der Waals surface area contributed by atoms with Crippen LogP contribution in [0.2, 0.25) is 5.02 Å². The Labute approximate surface area is 155 Å². The highest BCUT2D eigenvalue weighted by atomic mass is 35.5. The number of amides is 1. The van der Waals surface area contributed by atoms with Gasteiger partial charge in [0, 0.05) is 22.1 Å². The Morgan fingerprint density at radius 3 is 2.62 bits per heavy atom. The number of benzene rings is 2. The molecule has 1 amide bonds. The van der Waals surface area contributed by atoms with Crippen molar-refractivity contribution in [1.29, 1.82) is 0 Å². The molecule has 26 heavy (non-hydrogen) atoms. The number of carbonyl (C=O) groups is 1. The maximum atomic E-state index is 13.3. The zero-order chi connectivity index (χ0) is 18.7. The first-order chi connectivity index (χ1) is 12.4. The molecule has 0 unspecified atom stereocenters. The van der Waals surface area contributed by atoms with E-state index >= 15 is 0 Å². The van der Waals surface area contributed by atoms with E-state index in [-0.39, 0.29) is 11.6 Å². The standard InChI is InChI=1S/C19H16ClFN4O/c1-11-9-17(18(26)23-14-6-3-5-13(21)10-14)25-19(22-11)24-16-8-4-7-15(20)12(16)2/h3-10H,1-2H3,(H,23,26)(H,22,24,25).